The van der Waals surface area contributed by atoms with E-state index in [1.165, 1.54) is 23.9 Å². The first-order valence-electron chi connectivity index (χ1n) is 11.2. The Morgan fingerprint density at radius 1 is 1.13 bits per heavy atom. The second kappa shape index (κ2) is 10.2. The Balaban J connectivity index is 1.46. The molecule has 0 bridgehead atoms. The van der Waals surface area contributed by atoms with Gasteiger partial charge in [-0.3, -0.25) is 9.59 Å². The van der Waals surface area contributed by atoms with E-state index in [0.717, 1.165) is 11.3 Å². The van der Waals surface area contributed by atoms with Crippen molar-refractivity contribution in [2.45, 2.75) is 30.2 Å². The van der Waals surface area contributed by atoms with E-state index in [1.54, 1.807) is 6.07 Å². The van der Waals surface area contributed by atoms with Crippen molar-refractivity contribution >= 4 is 58.1 Å². The molecule has 0 unspecified atom stereocenters. The molecular formula is C23H16ClF6N5O2S2. The first-order valence-corrected chi connectivity index (χ1v) is 13.4. The van der Waals surface area contributed by atoms with E-state index in [-0.39, 0.29) is 47.0 Å². The van der Waals surface area contributed by atoms with Gasteiger partial charge >= 0.3 is 18.3 Å². The molecule has 2 aromatic heterocycles. The molecule has 4 heterocycles. The van der Waals surface area contributed by atoms with Gasteiger partial charge in [0.15, 0.2) is 0 Å². The summed E-state index contributed by atoms with van der Waals surface area (Å²) in [5.74, 6) is -1.95. The molecule has 0 saturated heterocycles. The molecule has 16 heteroatoms. The zero-order valence-electron chi connectivity index (χ0n) is 19.5. The molecule has 0 radical (unpaired) electrons. The molecule has 2 amide bonds. The fourth-order valence-electron chi connectivity index (χ4n) is 4.15. The molecule has 206 valence electrons. The van der Waals surface area contributed by atoms with Crippen LogP contribution >= 0.6 is 34.7 Å². The highest BCUT2D eigenvalue weighted by Gasteiger charge is 2.43. The van der Waals surface area contributed by atoms with Crippen molar-refractivity contribution < 1.29 is 35.9 Å². The van der Waals surface area contributed by atoms with Gasteiger partial charge in [0.2, 0.25) is 5.95 Å². The van der Waals surface area contributed by atoms with Crippen molar-refractivity contribution in [2.75, 3.05) is 24.2 Å². The third-order valence-electron chi connectivity index (χ3n) is 5.95. The maximum atomic E-state index is 13.8. The number of amides is 2. The summed E-state index contributed by atoms with van der Waals surface area (Å²) in [6.07, 6.45) is -9.02. The Morgan fingerprint density at radius 2 is 1.90 bits per heavy atom. The van der Waals surface area contributed by atoms with Crippen LogP contribution in [0.2, 0.25) is 5.02 Å². The molecule has 0 fully saturated rings. The quantitative estimate of drug-likeness (QED) is 0.361. The fraction of sp³-hybridized carbons (Fsp3) is 0.304. The number of nitrogens with zero attached hydrogens (tertiary/aromatic N) is 3. The lowest BCUT2D eigenvalue weighted by Crippen LogP contribution is -2.43. The van der Waals surface area contributed by atoms with Crippen LogP contribution in [0.15, 0.2) is 29.3 Å². The van der Waals surface area contributed by atoms with E-state index in [1.807, 2.05) is 0 Å². The maximum Gasteiger partial charge on any atom is 0.471 e. The standard InChI is InChI=1S/C23H16ClF6N5O2S2/c24-13-5-11-9-35(20(37)23(28,29)30)3-1-10(11)6-14(13)33-21-32-8-12(22(25,26)27)17(34-21)15-7-16-18(39-15)19(36)31-2-4-38-16/h5-8H,1-4,9H2,(H,31,36)(H,32,33,34). The number of halogens is 7. The van der Waals surface area contributed by atoms with Crippen LogP contribution in [0.5, 0.6) is 0 Å². The van der Waals surface area contributed by atoms with Crippen LogP contribution in [-0.4, -0.2) is 51.7 Å². The number of thioether (sulfide) groups is 1. The molecule has 5 rings (SSSR count). The van der Waals surface area contributed by atoms with Crippen molar-refractivity contribution in [2.24, 2.45) is 0 Å². The lowest BCUT2D eigenvalue weighted by molar-refractivity contribution is -0.186. The number of alkyl halides is 6. The Morgan fingerprint density at radius 3 is 2.62 bits per heavy atom. The second-order valence-corrected chi connectivity index (χ2v) is 11.2. The molecule has 2 aliphatic rings. The van der Waals surface area contributed by atoms with Crippen molar-refractivity contribution in [3.8, 4) is 10.6 Å². The van der Waals surface area contributed by atoms with Gasteiger partial charge in [-0.05, 0) is 35.7 Å². The summed E-state index contributed by atoms with van der Waals surface area (Å²) in [4.78, 5) is 33.5. The van der Waals surface area contributed by atoms with Crippen molar-refractivity contribution in [3.05, 3.63) is 51.0 Å². The van der Waals surface area contributed by atoms with Gasteiger partial charge < -0.3 is 15.5 Å². The summed E-state index contributed by atoms with van der Waals surface area (Å²) in [5.41, 5.74) is -0.235. The Kier molecular flexibility index (Phi) is 7.18. The van der Waals surface area contributed by atoms with Gasteiger partial charge in [0, 0.05) is 36.5 Å². The van der Waals surface area contributed by atoms with Crippen molar-refractivity contribution in [3.63, 3.8) is 0 Å². The van der Waals surface area contributed by atoms with Gasteiger partial charge in [0.05, 0.1) is 21.3 Å². The highest BCUT2D eigenvalue weighted by Crippen LogP contribution is 2.43. The maximum absolute atomic E-state index is 13.8. The predicted octanol–water partition coefficient (Wildman–Crippen LogP) is 5.90. The van der Waals surface area contributed by atoms with Crippen LogP contribution in [-0.2, 0) is 23.9 Å². The number of carbonyl (C=O) groups excluding carboxylic acids is 2. The minimum absolute atomic E-state index is 0.0519. The molecule has 1 aromatic carbocycles. The monoisotopic (exact) mass is 607 g/mol. The van der Waals surface area contributed by atoms with Crippen LogP contribution in [0.1, 0.15) is 26.4 Å². The van der Waals surface area contributed by atoms with Crippen molar-refractivity contribution in [1.29, 1.82) is 0 Å². The Labute approximate surface area is 230 Å². The van der Waals surface area contributed by atoms with Crippen LogP contribution < -0.4 is 10.6 Å². The third-order valence-corrected chi connectivity index (χ3v) is 8.58. The van der Waals surface area contributed by atoms with Crippen molar-refractivity contribution in [1.82, 2.24) is 20.2 Å². The zero-order chi connectivity index (χ0) is 28.1. The zero-order valence-corrected chi connectivity index (χ0v) is 21.9. The number of hydrogen-bond donors (Lipinski definition) is 2. The summed E-state index contributed by atoms with van der Waals surface area (Å²) >= 11 is 8.56. The van der Waals surface area contributed by atoms with E-state index in [4.69, 9.17) is 11.6 Å². The van der Waals surface area contributed by atoms with Gasteiger partial charge in [-0.1, -0.05) is 11.6 Å². The largest absolute Gasteiger partial charge is 0.471 e. The number of anilines is 2. The van der Waals surface area contributed by atoms with E-state index < -0.39 is 29.5 Å². The summed E-state index contributed by atoms with van der Waals surface area (Å²) in [5, 5.41) is 5.53. The third kappa shape index (κ3) is 5.65. The van der Waals surface area contributed by atoms with Gasteiger partial charge in [-0.2, -0.15) is 26.3 Å². The minimum Gasteiger partial charge on any atom is -0.350 e. The fourth-order valence-corrected chi connectivity index (χ4v) is 6.58. The first kappa shape index (κ1) is 27.5. The molecular weight excluding hydrogens is 592 g/mol. The normalized spacial score (nSPS) is 15.8. The average Bonchev–Trinajstić information content (AvgIpc) is 3.21. The predicted molar refractivity (Wildman–Crippen MR) is 133 cm³/mol. The average molecular weight is 608 g/mol. The molecule has 7 nitrogen and oxygen atoms in total. The molecule has 0 spiro atoms. The molecule has 0 aliphatic carbocycles. The van der Waals surface area contributed by atoms with E-state index in [0.29, 0.717) is 44.3 Å². The number of hydrogen-bond acceptors (Lipinski definition) is 7. The van der Waals surface area contributed by atoms with E-state index in [2.05, 4.69) is 20.6 Å². The number of carbonyl (C=O) groups is 2. The smallest absolute Gasteiger partial charge is 0.350 e. The highest BCUT2D eigenvalue weighted by atomic mass is 35.5. The molecule has 0 atom stereocenters. The molecule has 2 aliphatic heterocycles. The first-order chi connectivity index (χ1) is 18.3. The minimum atomic E-state index is -5.00. The van der Waals surface area contributed by atoms with Gasteiger partial charge in [-0.25, -0.2) is 9.97 Å². The number of rotatable bonds is 3. The van der Waals surface area contributed by atoms with Gasteiger partial charge in [0.1, 0.15) is 10.4 Å². The van der Waals surface area contributed by atoms with Crippen LogP contribution in [0.4, 0.5) is 38.0 Å². The summed E-state index contributed by atoms with van der Waals surface area (Å²) in [6, 6.07) is 4.44. The second-order valence-electron chi connectivity index (χ2n) is 8.56. The molecule has 3 aromatic rings. The van der Waals surface area contributed by atoms with Crippen LogP contribution in [0.3, 0.4) is 0 Å². The Hall–Kier alpha value is -3.04. The number of aromatic nitrogens is 2. The summed E-state index contributed by atoms with van der Waals surface area (Å²) in [7, 11) is 0. The van der Waals surface area contributed by atoms with Crippen LogP contribution in [0.25, 0.3) is 10.6 Å². The lowest BCUT2D eigenvalue weighted by Gasteiger charge is -2.30. The van der Waals surface area contributed by atoms with E-state index in [9.17, 15) is 35.9 Å². The summed E-state index contributed by atoms with van der Waals surface area (Å²) < 4.78 is 80.0. The summed E-state index contributed by atoms with van der Waals surface area (Å²) in [6.45, 7) is -0.0149. The number of thiophene rings is 1. The number of benzene rings is 1. The highest BCUT2D eigenvalue weighted by molar-refractivity contribution is 7.99. The number of fused-ring (bicyclic) bond motifs is 2. The molecule has 39 heavy (non-hydrogen) atoms. The Bertz CT molecular complexity index is 1480. The van der Waals surface area contributed by atoms with Gasteiger partial charge in [0.25, 0.3) is 5.91 Å². The lowest BCUT2D eigenvalue weighted by atomic mass is 9.99. The van der Waals surface area contributed by atoms with Gasteiger partial charge in [-0.15, -0.1) is 23.1 Å². The van der Waals surface area contributed by atoms with E-state index >= 15 is 0 Å². The van der Waals surface area contributed by atoms with Crippen LogP contribution in [0, 0.1) is 0 Å². The SMILES string of the molecule is O=C1NCCSc2cc(-c3nc(Nc4cc5c(cc4Cl)CN(C(=O)C(F)(F)F)CC5)ncc3C(F)(F)F)sc21. The molecule has 2 N–H and O–H groups in total. The topological polar surface area (TPSA) is 87.2 Å². The number of nitrogens with one attached hydrogen (secondary N) is 2. The molecule has 0 saturated carbocycles.